The van der Waals surface area contributed by atoms with E-state index in [9.17, 15) is 8.42 Å². The molecule has 1 aliphatic rings. The van der Waals surface area contributed by atoms with E-state index in [1.807, 2.05) is 76.2 Å². The van der Waals surface area contributed by atoms with Gasteiger partial charge in [0.15, 0.2) is 0 Å². The number of rotatable bonds is 6. The average molecular weight is 410 g/mol. The van der Waals surface area contributed by atoms with Gasteiger partial charge < -0.3 is 0 Å². The zero-order chi connectivity index (χ0) is 21.3. The molecule has 1 unspecified atom stereocenters. The Hall–Kier alpha value is -2.17. The smallest absolute Gasteiger partial charge is 0.207 e. The van der Waals surface area contributed by atoms with Crippen LogP contribution in [0.3, 0.4) is 0 Å². The molecule has 29 heavy (non-hydrogen) atoms. The molecule has 0 radical (unpaired) electrons. The molecule has 0 amide bonds. The van der Waals surface area contributed by atoms with Crippen LogP contribution < -0.4 is 0 Å². The van der Waals surface area contributed by atoms with Crippen molar-refractivity contribution >= 4 is 16.1 Å². The Morgan fingerprint density at radius 3 is 2.14 bits per heavy atom. The van der Waals surface area contributed by atoms with Crippen LogP contribution >= 0.6 is 0 Å². The Bertz CT molecular complexity index is 1030. The molecule has 0 N–H and O–H groups in total. The molecule has 0 aromatic heterocycles. The molecule has 0 bridgehead atoms. The van der Waals surface area contributed by atoms with Crippen LogP contribution in [0.2, 0.25) is 0 Å². The first kappa shape index (κ1) is 21.5. The van der Waals surface area contributed by atoms with Crippen LogP contribution in [0.1, 0.15) is 43.0 Å². The van der Waals surface area contributed by atoms with E-state index in [1.165, 1.54) is 0 Å². The third-order valence-electron chi connectivity index (χ3n) is 5.57. The van der Waals surface area contributed by atoms with Gasteiger partial charge in [-0.05, 0) is 55.9 Å². The summed E-state index contributed by atoms with van der Waals surface area (Å²) in [6, 6.07) is 13.9. The molecule has 1 heterocycles. The fourth-order valence-corrected chi connectivity index (χ4v) is 6.65. The first-order valence-electron chi connectivity index (χ1n) is 10.2. The lowest BCUT2D eigenvalue weighted by Crippen LogP contribution is -2.20. The second kappa shape index (κ2) is 8.29. The molecule has 2 aromatic rings. The zero-order valence-corrected chi connectivity index (χ0v) is 19.0. The van der Waals surface area contributed by atoms with E-state index in [2.05, 4.69) is 26.0 Å². The van der Waals surface area contributed by atoms with Crippen molar-refractivity contribution in [2.75, 3.05) is 0 Å². The minimum Gasteiger partial charge on any atom is -0.207 e. The maximum absolute atomic E-state index is 13.6. The topological polar surface area (TPSA) is 37.1 Å². The standard InChI is InChI=1S/C25H31NO2S/c1-7-22(14-13-21-11-9-8-10-12-21)24-23(17(2)3)26(24)29(27,28)25-19(5)15-18(4)16-20(25)6/h7-17,23-24H,1-6H3/b14-13+,22-7+/t23-,24+,26?/m0/s1. The van der Waals surface area contributed by atoms with Gasteiger partial charge in [-0.15, -0.1) is 0 Å². The second-order valence-electron chi connectivity index (χ2n) is 8.27. The molecule has 1 aliphatic heterocycles. The van der Waals surface area contributed by atoms with E-state index in [0.717, 1.165) is 27.8 Å². The molecule has 0 spiro atoms. The normalized spacial score (nSPS) is 22.4. The van der Waals surface area contributed by atoms with Crippen LogP contribution in [-0.4, -0.2) is 24.8 Å². The number of sulfonamides is 1. The first-order chi connectivity index (χ1) is 13.7. The summed E-state index contributed by atoms with van der Waals surface area (Å²) in [5.41, 5.74) is 4.86. The highest BCUT2D eigenvalue weighted by molar-refractivity contribution is 7.89. The maximum Gasteiger partial charge on any atom is 0.244 e. The fourth-order valence-electron chi connectivity index (χ4n) is 4.34. The van der Waals surface area contributed by atoms with Crippen molar-refractivity contribution in [3.8, 4) is 0 Å². The molecule has 4 heteroatoms. The number of nitrogens with zero attached hydrogens (tertiary/aromatic N) is 1. The molecule has 3 rings (SSSR count). The van der Waals surface area contributed by atoms with E-state index < -0.39 is 10.0 Å². The maximum atomic E-state index is 13.6. The van der Waals surface area contributed by atoms with Gasteiger partial charge in [0.05, 0.1) is 10.9 Å². The predicted octanol–water partition coefficient (Wildman–Crippen LogP) is 5.67. The first-order valence-corrected chi connectivity index (χ1v) is 11.6. The van der Waals surface area contributed by atoms with E-state index in [-0.39, 0.29) is 18.0 Å². The Morgan fingerprint density at radius 1 is 1.03 bits per heavy atom. The van der Waals surface area contributed by atoms with Gasteiger partial charge in [-0.1, -0.05) is 80.1 Å². The molecule has 3 nitrogen and oxygen atoms in total. The van der Waals surface area contributed by atoms with Crippen molar-refractivity contribution in [2.45, 2.75) is 58.5 Å². The summed E-state index contributed by atoms with van der Waals surface area (Å²) in [7, 11) is -3.57. The van der Waals surface area contributed by atoms with Crippen molar-refractivity contribution in [1.82, 2.24) is 4.31 Å². The highest BCUT2D eigenvalue weighted by Crippen LogP contribution is 2.45. The summed E-state index contributed by atoms with van der Waals surface area (Å²) in [5.74, 6) is 0.237. The second-order valence-corrected chi connectivity index (χ2v) is 10.1. The Morgan fingerprint density at radius 2 is 1.62 bits per heavy atom. The van der Waals surface area contributed by atoms with Crippen LogP contribution in [-0.2, 0) is 10.0 Å². The molecule has 0 saturated carbocycles. The van der Waals surface area contributed by atoms with Crippen molar-refractivity contribution in [3.63, 3.8) is 0 Å². The minimum absolute atomic E-state index is 0.0215. The average Bonchev–Trinajstić information content (AvgIpc) is 3.39. The van der Waals surface area contributed by atoms with E-state index in [1.54, 1.807) is 4.31 Å². The molecular formula is C25H31NO2S. The number of allylic oxidation sites excluding steroid dienone is 1. The summed E-state index contributed by atoms with van der Waals surface area (Å²) in [6.45, 7) is 11.9. The number of benzene rings is 2. The molecule has 154 valence electrons. The lowest BCUT2D eigenvalue weighted by atomic mass is 10.0. The van der Waals surface area contributed by atoms with Gasteiger partial charge in [-0.2, -0.15) is 4.31 Å². The number of hydrogen-bond donors (Lipinski definition) is 0. The molecule has 1 fully saturated rings. The van der Waals surface area contributed by atoms with Gasteiger partial charge in [0.1, 0.15) is 0 Å². The van der Waals surface area contributed by atoms with Gasteiger partial charge in [0, 0.05) is 6.04 Å². The van der Waals surface area contributed by atoms with Gasteiger partial charge >= 0.3 is 0 Å². The monoisotopic (exact) mass is 409 g/mol. The third kappa shape index (κ3) is 4.24. The molecule has 1 saturated heterocycles. The highest BCUT2D eigenvalue weighted by Gasteiger charge is 2.58. The number of aryl methyl sites for hydroxylation is 3. The Kier molecular flexibility index (Phi) is 6.16. The van der Waals surface area contributed by atoms with E-state index in [0.29, 0.717) is 4.90 Å². The Balaban J connectivity index is 1.98. The SMILES string of the molecule is C/C=C(\C=C\c1ccccc1)[C@@H]1[C@H](C(C)C)N1S(=O)(=O)c1c(C)cc(C)cc1C. The van der Waals surface area contributed by atoms with Gasteiger partial charge in [-0.25, -0.2) is 8.42 Å². The lowest BCUT2D eigenvalue weighted by Gasteiger charge is -2.14. The van der Waals surface area contributed by atoms with Crippen molar-refractivity contribution < 1.29 is 8.42 Å². The molecular weight excluding hydrogens is 378 g/mol. The zero-order valence-electron chi connectivity index (χ0n) is 18.2. The number of hydrogen-bond acceptors (Lipinski definition) is 2. The van der Waals surface area contributed by atoms with E-state index in [4.69, 9.17) is 0 Å². The summed E-state index contributed by atoms with van der Waals surface area (Å²) in [4.78, 5) is 0.457. The Labute approximate surface area is 175 Å². The summed E-state index contributed by atoms with van der Waals surface area (Å²) in [5, 5.41) is 0. The highest BCUT2D eigenvalue weighted by atomic mass is 32.2. The van der Waals surface area contributed by atoms with Gasteiger partial charge in [0.2, 0.25) is 10.0 Å². The minimum atomic E-state index is -3.57. The molecule has 2 aromatic carbocycles. The summed E-state index contributed by atoms with van der Waals surface area (Å²) >= 11 is 0. The quantitative estimate of drug-likeness (QED) is 0.455. The fraction of sp³-hybridized carbons (Fsp3) is 0.360. The van der Waals surface area contributed by atoms with Crippen LogP contribution in [0, 0.1) is 26.7 Å². The van der Waals surface area contributed by atoms with Crippen LogP contribution in [0.4, 0.5) is 0 Å². The summed E-state index contributed by atoms with van der Waals surface area (Å²) < 4.78 is 29.0. The van der Waals surface area contributed by atoms with Crippen LogP contribution in [0.5, 0.6) is 0 Å². The van der Waals surface area contributed by atoms with Crippen molar-refractivity contribution in [2.24, 2.45) is 5.92 Å². The van der Waals surface area contributed by atoms with Crippen molar-refractivity contribution in [1.29, 1.82) is 0 Å². The van der Waals surface area contributed by atoms with Gasteiger partial charge in [-0.3, -0.25) is 0 Å². The molecule has 3 atom stereocenters. The van der Waals surface area contributed by atoms with E-state index >= 15 is 0 Å². The predicted molar refractivity (Wildman–Crippen MR) is 121 cm³/mol. The van der Waals surface area contributed by atoms with Crippen molar-refractivity contribution in [3.05, 3.63) is 82.4 Å². The molecule has 0 aliphatic carbocycles. The third-order valence-corrected chi connectivity index (χ3v) is 7.75. The largest absolute Gasteiger partial charge is 0.244 e. The van der Waals surface area contributed by atoms with Gasteiger partial charge in [0.25, 0.3) is 0 Å². The van der Waals surface area contributed by atoms with Crippen LogP contribution in [0.15, 0.2) is 65.1 Å². The lowest BCUT2D eigenvalue weighted by molar-refractivity contribution is 0.516. The summed E-state index contributed by atoms with van der Waals surface area (Å²) in [6.07, 6.45) is 6.14. The van der Waals surface area contributed by atoms with Crippen LogP contribution in [0.25, 0.3) is 6.08 Å².